The Labute approximate surface area is 383 Å². The minimum atomic E-state index is 1.15. The van der Waals surface area contributed by atoms with E-state index in [2.05, 4.69) is 228 Å². The predicted molar refractivity (Wildman–Crippen MR) is 302 cm³/mol. The Morgan fingerprint density at radius 2 is 0.922 bits per heavy atom. The molecule has 0 fully saturated rings. The van der Waals surface area contributed by atoms with Crippen molar-refractivity contribution < 1.29 is 0 Å². The Kier molecular flexibility index (Phi) is 8.91. The van der Waals surface area contributed by atoms with Gasteiger partial charge in [-0.3, -0.25) is 0 Å². The molecule has 0 saturated carbocycles. The van der Waals surface area contributed by atoms with E-state index in [1.807, 2.05) is 11.3 Å². The molecule has 9 aromatic carbocycles. The van der Waals surface area contributed by atoms with E-state index >= 15 is 0 Å². The van der Waals surface area contributed by atoms with Crippen molar-refractivity contribution in [2.24, 2.45) is 0 Å². The number of hydrogen-bond acceptors (Lipinski definition) is 1. The molecule has 0 radical (unpaired) electrons. The average molecular weight is 826 g/mol. The van der Waals surface area contributed by atoms with E-state index in [1.165, 1.54) is 141 Å². The molecule has 64 heavy (non-hydrogen) atoms. The van der Waals surface area contributed by atoms with Gasteiger partial charge in [-0.05, 0) is 93.4 Å². The van der Waals surface area contributed by atoms with Crippen LogP contribution in [0.4, 0.5) is 0 Å². The van der Waals surface area contributed by atoms with Gasteiger partial charge in [0.05, 0.1) is 11.0 Å². The lowest BCUT2D eigenvalue weighted by molar-refractivity contribution is 1.18. The normalized spacial score (nSPS) is 11.9. The molecule has 0 bridgehead atoms. The highest BCUT2D eigenvalue weighted by Gasteiger charge is 2.26. The van der Waals surface area contributed by atoms with Crippen LogP contribution in [0.3, 0.4) is 0 Å². The first-order chi connectivity index (χ1) is 31.2. The summed E-state index contributed by atoms with van der Waals surface area (Å²) in [6.45, 7) is 0. The van der Waals surface area contributed by atoms with E-state index in [4.69, 9.17) is 0 Å². The van der Waals surface area contributed by atoms with E-state index in [0.717, 1.165) is 5.69 Å². The zero-order chi connectivity index (χ0) is 43.5. The third kappa shape index (κ3) is 5.61. The Bertz CT molecular complexity index is 3910. The molecule has 12 rings (SSSR count). The molecule has 0 N–H and O–H groups in total. The zero-order valence-corrected chi connectivity index (χ0v) is 38.2. The quantitative estimate of drug-likeness (QED) is 0.237. The highest BCUT2D eigenvalue weighted by molar-refractivity contribution is 7.25. The van der Waals surface area contributed by atoms with Crippen molar-refractivity contribution in [2.75, 3.05) is 0 Å². The maximum atomic E-state index is 2.61. The highest BCUT2D eigenvalue weighted by Crippen LogP contribution is 2.41. The molecule has 0 spiro atoms. The summed E-state index contributed by atoms with van der Waals surface area (Å²) in [6, 6.07) is 60.6. The largest absolute Gasteiger partial charge is 0.310 e. The number of thiophene rings is 1. The minimum Gasteiger partial charge on any atom is -0.310 e. The molecule has 10 heteroatoms. The van der Waals surface area contributed by atoms with Crippen molar-refractivity contribution in [3.63, 3.8) is 0 Å². The van der Waals surface area contributed by atoms with Gasteiger partial charge >= 0.3 is 0 Å². The number of fused-ring (bicyclic) bond motifs is 9. The van der Waals surface area contributed by atoms with Gasteiger partial charge in [0, 0.05) is 58.7 Å². The van der Waals surface area contributed by atoms with E-state index in [9.17, 15) is 0 Å². The molecule has 2 nitrogen and oxygen atoms in total. The van der Waals surface area contributed by atoms with Gasteiger partial charge in [-0.1, -0.05) is 142 Å². The van der Waals surface area contributed by atoms with Crippen molar-refractivity contribution in [3.8, 4) is 44.8 Å². The number of benzene rings is 9. The highest BCUT2D eigenvalue weighted by atomic mass is 32.1. The molecule has 294 valence electrons. The molecule has 12 aromatic rings. The van der Waals surface area contributed by atoms with Crippen LogP contribution in [0.25, 0.3) is 109 Å². The van der Waals surface area contributed by atoms with Crippen LogP contribution in [0, 0.1) is 0 Å². The molecular formula is C54H41B7N2S. The van der Waals surface area contributed by atoms with E-state index in [0.29, 0.717) is 0 Å². The van der Waals surface area contributed by atoms with Crippen LogP contribution in [-0.4, -0.2) is 64.1 Å². The molecule has 0 aliphatic heterocycles. The van der Waals surface area contributed by atoms with Crippen molar-refractivity contribution >= 4 is 168 Å². The van der Waals surface area contributed by atoms with Gasteiger partial charge in [0.25, 0.3) is 0 Å². The molecule has 0 unspecified atom stereocenters. The SMILES string of the molecule is Bc1c(B)c(B)c2c(c1B)c1c(B)c(-c3ccc4c(c3)c3c(-c5ccccc5)cccc3n4-c3ccc(-c4ccccc4)cc3)c(B)c(B)c1n2-c1ccc2sc3ccccc3c2c1. The topological polar surface area (TPSA) is 9.86 Å². The zero-order valence-electron chi connectivity index (χ0n) is 37.4. The van der Waals surface area contributed by atoms with Crippen molar-refractivity contribution in [1.29, 1.82) is 0 Å². The monoisotopic (exact) mass is 826 g/mol. The second-order valence-electron chi connectivity index (χ2n) is 17.9. The van der Waals surface area contributed by atoms with E-state index in [-0.39, 0.29) is 0 Å². The first-order valence-corrected chi connectivity index (χ1v) is 23.3. The predicted octanol–water partition coefficient (Wildman–Crippen LogP) is 3.06. The maximum absolute atomic E-state index is 2.61. The standard InChI is InChI=1S/C54H41B7N2S/c55-46-42(47(56)51(60)53-44(46)45-48(57)49(58)50(59)52(61)54(45)63(53)33-23-25-41-36(27-33)35-14-7-8-17-40(35)64-41)31-20-24-38-37(26-31)43-34(30-12-5-2-6-13-30)15-9-16-39(43)62(38)32-21-18-29(19-22-32)28-10-3-1-4-11-28/h1-27H,55-61H2. The van der Waals surface area contributed by atoms with Gasteiger partial charge in [-0.15, -0.1) is 16.8 Å². The summed E-state index contributed by atoms with van der Waals surface area (Å²) < 4.78 is 7.73. The van der Waals surface area contributed by atoms with Crippen molar-refractivity contribution in [1.82, 2.24) is 9.13 Å². The van der Waals surface area contributed by atoms with Crippen LogP contribution in [0.15, 0.2) is 164 Å². The first kappa shape index (κ1) is 38.9. The molecule has 3 heterocycles. The van der Waals surface area contributed by atoms with E-state index < -0.39 is 0 Å². The van der Waals surface area contributed by atoms with Gasteiger partial charge < -0.3 is 9.13 Å². The fourth-order valence-corrected chi connectivity index (χ4v) is 12.1. The van der Waals surface area contributed by atoms with Gasteiger partial charge in [0.15, 0.2) is 0 Å². The lowest BCUT2D eigenvalue weighted by Gasteiger charge is -2.19. The van der Waals surface area contributed by atoms with Crippen LogP contribution in [0.5, 0.6) is 0 Å². The average Bonchev–Trinajstić information content (AvgIpc) is 4.01. The van der Waals surface area contributed by atoms with Crippen molar-refractivity contribution in [2.45, 2.75) is 0 Å². The van der Waals surface area contributed by atoms with Crippen LogP contribution in [-0.2, 0) is 0 Å². The summed E-state index contributed by atoms with van der Waals surface area (Å²) in [7, 11) is 16.4. The lowest BCUT2D eigenvalue weighted by atomic mass is 9.64. The smallest absolute Gasteiger partial charge is 0.141 e. The van der Waals surface area contributed by atoms with Crippen LogP contribution in [0.1, 0.15) is 0 Å². The number of aromatic nitrogens is 2. The third-order valence-corrected chi connectivity index (χ3v) is 15.8. The van der Waals surface area contributed by atoms with E-state index in [1.54, 1.807) is 0 Å². The summed E-state index contributed by atoms with van der Waals surface area (Å²) in [5, 5.41) is 7.91. The number of hydrogen-bond donors (Lipinski definition) is 0. The number of rotatable bonds is 5. The van der Waals surface area contributed by atoms with Gasteiger partial charge in [-0.25, -0.2) is 0 Å². The van der Waals surface area contributed by atoms with Gasteiger partial charge in [0.1, 0.15) is 54.9 Å². The molecule has 0 amide bonds. The summed E-state index contributed by atoms with van der Waals surface area (Å²) in [6.07, 6.45) is 0. The summed E-state index contributed by atoms with van der Waals surface area (Å²) >= 11 is 1.88. The molecule has 0 atom stereocenters. The van der Waals surface area contributed by atoms with Crippen LogP contribution >= 0.6 is 11.3 Å². The first-order valence-electron chi connectivity index (χ1n) is 22.4. The second kappa shape index (κ2) is 14.7. The summed E-state index contributed by atoms with van der Waals surface area (Å²) in [5.74, 6) is 0. The number of nitrogens with zero attached hydrogens (tertiary/aromatic N) is 2. The second-order valence-corrected chi connectivity index (χ2v) is 18.9. The molecular weight excluding hydrogens is 784 g/mol. The molecule has 0 aliphatic carbocycles. The lowest BCUT2D eigenvalue weighted by Crippen LogP contribution is -2.48. The van der Waals surface area contributed by atoms with Crippen LogP contribution in [0.2, 0.25) is 0 Å². The van der Waals surface area contributed by atoms with Gasteiger partial charge in [0.2, 0.25) is 0 Å². The Morgan fingerprint density at radius 1 is 0.328 bits per heavy atom. The fraction of sp³-hybridized carbons (Fsp3) is 0. The fourth-order valence-electron chi connectivity index (χ4n) is 11.1. The summed E-state index contributed by atoms with van der Waals surface area (Å²) in [5.41, 5.74) is 24.3. The Morgan fingerprint density at radius 3 is 1.67 bits per heavy atom. The maximum Gasteiger partial charge on any atom is 0.141 e. The van der Waals surface area contributed by atoms with Crippen LogP contribution < -0.4 is 38.2 Å². The van der Waals surface area contributed by atoms with Crippen molar-refractivity contribution in [3.05, 3.63) is 164 Å². The summed E-state index contributed by atoms with van der Waals surface area (Å²) in [4.78, 5) is 0. The van der Waals surface area contributed by atoms with Gasteiger partial charge in [-0.2, -0.15) is 0 Å². The third-order valence-electron chi connectivity index (χ3n) is 14.6. The Balaban J connectivity index is 1.14. The molecule has 0 aliphatic rings. The molecule has 3 aromatic heterocycles. The molecule has 0 saturated heterocycles. The minimum absolute atomic E-state index is 1.15. The Hall–Kier alpha value is -6.75.